The number of carboxylic acids is 1. The molecule has 1 aromatic carbocycles. The van der Waals surface area contributed by atoms with Crippen molar-refractivity contribution in [3.63, 3.8) is 0 Å². The monoisotopic (exact) mass is 290 g/mol. The van der Waals surface area contributed by atoms with E-state index in [-0.39, 0.29) is 24.6 Å². The van der Waals surface area contributed by atoms with Gasteiger partial charge in [-0.25, -0.2) is 9.59 Å². The van der Waals surface area contributed by atoms with Crippen LogP contribution >= 0.6 is 0 Å². The molecule has 3 amide bonds. The van der Waals surface area contributed by atoms with Gasteiger partial charge in [0.25, 0.3) is 5.91 Å². The van der Waals surface area contributed by atoms with Gasteiger partial charge >= 0.3 is 12.0 Å². The second-order valence-electron chi connectivity index (χ2n) is 5.21. The van der Waals surface area contributed by atoms with E-state index in [0.717, 1.165) is 4.90 Å². The first-order chi connectivity index (χ1) is 10.0. The molecule has 1 atom stereocenters. The largest absolute Gasteiger partial charge is 0.478 e. The van der Waals surface area contributed by atoms with Crippen LogP contribution in [-0.2, 0) is 16.1 Å². The van der Waals surface area contributed by atoms with Crippen molar-refractivity contribution in [1.82, 2.24) is 10.2 Å². The Morgan fingerprint density at radius 1 is 1.43 bits per heavy atom. The first kappa shape index (κ1) is 13.6. The lowest BCUT2D eigenvalue weighted by Gasteiger charge is -2.18. The standard InChI is InChI=1S/C14H14N2O5/c17-11(18)10-3-1-2-9(6-10)7-16-12(19)14(15-13(16)20)4-5-21-8-14/h1-3,6H,4-5,7-8H2,(H,15,20)(H,17,18). The normalized spacial score (nSPS) is 24.7. The first-order valence-corrected chi connectivity index (χ1v) is 6.56. The van der Waals surface area contributed by atoms with E-state index in [9.17, 15) is 14.4 Å². The second-order valence-corrected chi connectivity index (χ2v) is 5.21. The van der Waals surface area contributed by atoms with Gasteiger partial charge in [-0.15, -0.1) is 0 Å². The van der Waals surface area contributed by atoms with Crippen molar-refractivity contribution in [2.24, 2.45) is 0 Å². The van der Waals surface area contributed by atoms with Gasteiger partial charge in [0.05, 0.1) is 18.7 Å². The molecule has 0 aromatic heterocycles. The molecule has 21 heavy (non-hydrogen) atoms. The molecule has 0 radical (unpaired) electrons. The zero-order valence-corrected chi connectivity index (χ0v) is 11.2. The number of amides is 3. The van der Waals surface area contributed by atoms with Crippen molar-refractivity contribution >= 4 is 17.9 Å². The van der Waals surface area contributed by atoms with Crippen LogP contribution in [0.15, 0.2) is 24.3 Å². The molecule has 7 nitrogen and oxygen atoms in total. The Morgan fingerprint density at radius 3 is 2.90 bits per heavy atom. The van der Waals surface area contributed by atoms with Crippen LogP contribution in [0.25, 0.3) is 0 Å². The average Bonchev–Trinajstić information content (AvgIpc) is 3.01. The minimum Gasteiger partial charge on any atom is -0.478 e. The quantitative estimate of drug-likeness (QED) is 0.795. The number of nitrogens with one attached hydrogen (secondary N) is 1. The molecular formula is C14H14N2O5. The van der Waals surface area contributed by atoms with Crippen LogP contribution in [0.3, 0.4) is 0 Å². The van der Waals surface area contributed by atoms with Crippen molar-refractivity contribution in [2.75, 3.05) is 13.2 Å². The summed E-state index contributed by atoms with van der Waals surface area (Å²) in [6.07, 6.45) is 0.462. The summed E-state index contributed by atoms with van der Waals surface area (Å²) in [5.74, 6) is -1.36. The Morgan fingerprint density at radius 2 is 2.24 bits per heavy atom. The molecule has 3 rings (SSSR count). The number of carbonyl (C=O) groups is 3. The maximum absolute atomic E-state index is 12.4. The molecule has 0 bridgehead atoms. The van der Waals surface area contributed by atoms with E-state index in [1.807, 2.05) is 0 Å². The molecule has 1 aromatic rings. The number of rotatable bonds is 3. The number of nitrogens with zero attached hydrogens (tertiary/aromatic N) is 1. The Labute approximate surface area is 120 Å². The van der Waals surface area contributed by atoms with Crippen molar-refractivity contribution in [3.05, 3.63) is 35.4 Å². The lowest BCUT2D eigenvalue weighted by molar-refractivity contribution is -0.131. The smallest absolute Gasteiger partial charge is 0.335 e. The molecule has 2 aliphatic heterocycles. The summed E-state index contributed by atoms with van der Waals surface area (Å²) < 4.78 is 5.21. The topological polar surface area (TPSA) is 95.9 Å². The molecule has 0 saturated carbocycles. The zero-order valence-electron chi connectivity index (χ0n) is 11.2. The highest BCUT2D eigenvalue weighted by molar-refractivity contribution is 6.07. The fourth-order valence-electron chi connectivity index (χ4n) is 2.64. The summed E-state index contributed by atoms with van der Waals surface area (Å²) in [6, 6.07) is 5.73. The van der Waals surface area contributed by atoms with Crippen LogP contribution in [0.5, 0.6) is 0 Å². The number of urea groups is 1. The minimum atomic E-state index is -1.05. The SMILES string of the molecule is O=C(O)c1cccc(CN2C(=O)NC3(CCOC3)C2=O)c1. The van der Waals surface area contributed by atoms with Gasteiger partial charge in [0.2, 0.25) is 0 Å². The Balaban J connectivity index is 1.82. The van der Waals surface area contributed by atoms with Crippen molar-refractivity contribution in [1.29, 1.82) is 0 Å². The van der Waals surface area contributed by atoms with Crippen LogP contribution in [-0.4, -0.2) is 46.7 Å². The van der Waals surface area contributed by atoms with Gasteiger partial charge in [0.15, 0.2) is 0 Å². The third kappa shape index (κ3) is 2.25. The summed E-state index contributed by atoms with van der Waals surface area (Å²) in [5.41, 5.74) is -0.227. The summed E-state index contributed by atoms with van der Waals surface area (Å²) >= 11 is 0. The van der Waals surface area contributed by atoms with E-state index in [1.54, 1.807) is 12.1 Å². The van der Waals surface area contributed by atoms with Crippen molar-refractivity contribution in [3.8, 4) is 0 Å². The van der Waals surface area contributed by atoms with Gasteiger partial charge in [0.1, 0.15) is 5.54 Å². The van der Waals surface area contributed by atoms with Crippen LogP contribution in [0.2, 0.25) is 0 Å². The van der Waals surface area contributed by atoms with Crippen LogP contribution in [0.4, 0.5) is 4.79 Å². The number of carbonyl (C=O) groups excluding carboxylic acids is 2. The molecule has 2 N–H and O–H groups in total. The lowest BCUT2D eigenvalue weighted by Crippen LogP contribution is -2.47. The number of imide groups is 1. The molecule has 2 saturated heterocycles. The van der Waals surface area contributed by atoms with E-state index < -0.39 is 17.5 Å². The maximum Gasteiger partial charge on any atom is 0.335 e. The lowest BCUT2D eigenvalue weighted by atomic mass is 9.99. The van der Waals surface area contributed by atoms with Gasteiger partial charge < -0.3 is 15.2 Å². The molecular weight excluding hydrogens is 276 g/mol. The summed E-state index contributed by atoms with van der Waals surface area (Å²) in [5, 5.41) is 11.6. The van der Waals surface area contributed by atoms with Gasteiger partial charge in [-0.3, -0.25) is 9.69 Å². The summed E-state index contributed by atoms with van der Waals surface area (Å²) in [4.78, 5) is 36.5. The molecule has 110 valence electrons. The minimum absolute atomic E-state index is 0.0491. The number of benzene rings is 1. The maximum atomic E-state index is 12.4. The van der Waals surface area contributed by atoms with E-state index >= 15 is 0 Å². The molecule has 0 aliphatic carbocycles. The fraction of sp³-hybridized carbons (Fsp3) is 0.357. The van der Waals surface area contributed by atoms with E-state index in [1.165, 1.54) is 12.1 Å². The third-order valence-corrected chi connectivity index (χ3v) is 3.78. The van der Waals surface area contributed by atoms with E-state index in [2.05, 4.69) is 5.32 Å². The highest BCUT2D eigenvalue weighted by Crippen LogP contribution is 2.27. The molecule has 1 unspecified atom stereocenters. The summed E-state index contributed by atoms with van der Waals surface area (Å²) in [6.45, 7) is 0.672. The highest BCUT2D eigenvalue weighted by atomic mass is 16.5. The number of hydrogen-bond acceptors (Lipinski definition) is 4. The van der Waals surface area contributed by atoms with Gasteiger partial charge in [-0.2, -0.15) is 0 Å². The predicted octanol–water partition coefficient (Wildman–Crippen LogP) is 0.596. The zero-order chi connectivity index (χ0) is 15.0. The number of aromatic carboxylic acids is 1. The predicted molar refractivity (Wildman–Crippen MR) is 70.7 cm³/mol. The molecule has 7 heteroatoms. The van der Waals surface area contributed by atoms with E-state index in [0.29, 0.717) is 18.6 Å². The molecule has 1 spiro atoms. The fourth-order valence-corrected chi connectivity index (χ4v) is 2.64. The highest BCUT2D eigenvalue weighted by Gasteiger charge is 2.53. The summed E-state index contributed by atoms with van der Waals surface area (Å²) in [7, 11) is 0. The van der Waals surface area contributed by atoms with Crippen LogP contribution in [0.1, 0.15) is 22.3 Å². The Kier molecular flexibility index (Phi) is 3.13. The molecule has 2 fully saturated rings. The second kappa shape index (κ2) is 4.85. The van der Waals surface area contributed by atoms with E-state index in [4.69, 9.17) is 9.84 Å². The van der Waals surface area contributed by atoms with Gasteiger partial charge in [0, 0.05) is 13.0 Å². The van der Waals surface area contributed by atoms with Crippen molar-refractivity contribution < 1.29 is 24.2 Å². The number of ether oxygens (including phenoxy) is 1. The van der Waals surface area contributed by atoms with Gasteiger partial charge in [-0.05, 0) is 17.7 Å². The third-order valence-electron chi connectivity index (χ3n) is 3.78. The number of carboxylic acid groups (broad SMARTS) is 1. The van der Waals surface area contributed by atoms with Crippen LogP contribution < -0.4 is 5.32 Å². The van der Waals surface area contributed by atoms with Crippen molar-refractivity contribution in [2.45, 2.75) is 18.5 Å². The molecule has 2 heterocycles. The first-order valence-electron chi connectivity index (χ1n) is 6.56. The molecule has 2 aliphatic rings. The van der Waals surface area contributed by atoms with Gasteiger partial charge in [-0.1, -0.05) is 12.1 Å². The Bertz CT molecular complexity index is 622. The van der Waals surface area contributed by atoms with Crippen LogP contribution in [0, 0.1) is 0 Å². The average molecular weight is 290 g/mol. The number of hydrogen-bond donors (Lipinski definition) is 2. The Hall–Kier alpha value is -2.41.